The first-order chi connectivity index (χ1) is 7.29. The van der Waals surface area contributed by atoms with Crippen molar-refractivity contribution in [3.8, 4) is 11.8 Å². The highest BCUT2D eigenvalue weighted by atomic mass is 16.5. The number of hydrogen-bond acceptors (Lipinski definition) is 5. The average molecular weight is 206 g/mol. The molecule has 0 fully saturated rings. The van der Waals surface area contributed by atoms with Crippen LogP contribution >= 0.6 is 0 Å². The maximum atomic E-state index is 8.94. The zero-order chi connectivity index (χ0) is 10.7. The topological polar surface area (TPSA) is 73.1 Å². The highest BCUT2D eigenvalue weighted by molar-refractivity contribution is 5.29. The van der Waals surface area contributed by atoms with Crippen molar-refractivity contribution < 1.29 is 9.84 Å². The molecule has 0 unspecified atom stereocenters. The van der Waals surface area contributed by atoms with Crippen LogP contribution in [0.3, 0.4) is 0 Å². The van der Waals surface area contributed by atoms with Crippen LogP contribution in [0.15, 0.2) is 24.3 Å². The predicted molar refractivity (Wildman–Crippen MR) is 51.2 cm³/mol. The van der Waals surface area contributed by atoms with Crippen molar-refractivity contribution in [1.29, 1.82) is 0 Å². The average Bonchev–Trinajstić information content (AvgIpc) is 2.65. The van der Waals surface area contributed by atoms with E-state index < -0.39 is 0 Å². The molecule has 6 heteroatoms. The molecule has 0 radical (unpaired) electrons. The van der Waals surface area contributed by atoms with Crippen molar-refractivity contribution in [3.63, 3.8) is 0 Å². The normalized spacial score (nSPS) is 10.3. The van der Waals surface area contributed by atoms with Crippen LogP contribution in [0, 0.1) is 0 Å². The molecule has 0 atom stereocenters. The van der Waals surface area contributed by atoms with Gasteiger partial charge < -0.3 is 9.84 Å². The third-order valence-electron chi connectivity index (χ3n) is 1.87. The minimum atomic E-state index is -0.0196. The van der Waals surface area contributed by atoms with Gasteiger partial charge in [-0.05, 0) is 28.1 Å². The van der Waals surface area contributed by atoms with E-state index in [9.17, 15) is 0 Å². The minimum absolute atomic E-state index is 0.0196. The number of aliphatic hydroxyl groups excluding tert-OH is 1. The van der Waals surface area contributed by atoms with Crippen LogP contribution in [-0.2, 0) is 13.7 Å². The summed E-state index contributed by atoms with van der Waals surface area (Å²) in [4.78, 5) is 0. The molecule has 2 aromatic rings. The monoisotopic (exact) mass is 206 g/mol. The Morgan fingerprint density at radius 2 is 2.33 bits per heavy atom. The standard InChI is InChI=1S/C9H10N4O2/c1-13-9(10-11-12-13)15-8-4-2-3-7(5-8)6-14/h2-5,14H,6H2,1H3. The van der Waals surface area contributed by atoms with Crippen LogP contribution < -0.4 is 4.74 Å². The number of aromatic nitrogens is 4. The van der Waals surface area contributed by atoms with Crippen LogP contribution in [0.5, 0.6) is 11.8 Å². The lowest BCUT2D eigenvalue weighted by Crippen LogP contribution is -1.96. The van der Waals surface area contributed by atoms with Gasteiger partial charge in [0.15, 0.2) is 0 Å². The Balaban J connectivity index is 2.21. The molecule has 0 aliphatic carbocycles. The van der Waals surface area contributed by atoms with Gasteiger partial charge in [-0.1, -0.05) is 17.2 Å². The SMILES string of the molecule is Cn1nnnc1Oc1cccc(CO)c1. The Bertz CT molecular complexity index is 455. The van der Waals surface area contributed by atoms with Crippen molar-refractivity contribution in [3.05, 3.63) is 29.8 Å². The molecule has 6 nitrogen and oxygen atoms in total. The van der Waals surface area contributed by atoms with E-state index in [1.807, 2.05) is 6.07 Å². The molecular formula is C9H10N4O2. The Morgan fingerprint density at radius 3 is 3.00 bits per heavy atom. The fourth-order valence-corrected chi connectivity index (χ4v) is 1.12. The van der Waals surface area contributed by atoms with Crippen LogP contribution in [0.2, 0.25) is 0 Å². The van der Waals surface area contributed by atoms with E-state index >= 15 is 0 Å². The van der Waals surface area contributed by atoms with Gasteiger partial charge in [0.2, 0.25) is 0 Å². The first-order valence-corrected chi connectivity index (χ1v) is 4.39. The molecule has 15 heavy (non-hydrogen) atoms. The second-order valence-electron chi connectivity index (χ2n) is 2.99. The number of rotatable bonds is 3. The van der Waals surface area contributed by atoms with Gasteiger partial charge in [-0.3, -0.25) is 0 Å². The van der Waals surface area contributed by atoms with E-state index in [1.54, 1.807) is 25.2 Å². The Kier molecular flexibility index (Phi) is 2.59. The summed E-state index contributed by atoms with van der Waals surface area (Å²) in [6.07, 6.45) is 0. The van der Waals surface area contributed by atoms with E-state index in [2.05, 4.69) is 15.5 Å². The molecule has 0 saturated heterocycles. The summed E-state index contributed by atoms with van der Waals surface area (Å²) in [5, 5.41) is 19.7. The van der Waals surface area contributed by atoms with Gasteiger partial charge in [-0.15, -0.1) is 0 Å². The maximum Gasteiger partial charge on any atom is 0.340 e. The van der Waals surface area contributed by atoms with Crippen molar-refractivity contribution >= 4 is 0 Å². The van der Waals surface area contributed by atoms with Crippen LogP contribution in [0.1, 0.15) is 5.56 Å². The molecule has 1 N–H and O–H groups in total. The molecule has 0 aliphatic heterocycles. The lowest BCUT2D eigenvalue weighted by Gasteiger charge is -2.03. The zero-order valence-electron chi connectivity index (χ0n) is 8.16. The van der Waals surface area contributed by atoms with Gasteiger partial charge in [-0.2, -0.15) is 4.68 Å². The molecular weight excluding hydrogens is 196 g/mol. The van der Waals surface area contributed by atoms with Gasteiger partial charge in [0.1, 0.15) is 5.75 Å². The van der Waals surface area contributed by atoms with E-state index in [-0.39, 0.29) is 6.61 Å². The first-order valence-electron chi connectivity index (χ1n) is 4.39. The number of hydrogen-bond donors (Lipinski definition) is 1. The summed E-state index contributed by atoms with van der Waals surface area (Å²) >= 11 is 0. The highest BCUT2D eigenvalue weighted by Crippen LogP contribution is 2.18. The Hall–Kier alpha value is -1.95. The molecule has 0 amide bonds. The van der Waals surface area contributed by atoms with Crippen molar-refractivity contribution in [1.82, 2.24) is 20.2 Å². The quantitative estimate of drug-likeness (QED) is 0.791. The fraction of sp³-hybridized carbons (Fsp3) is 0.222. The summed E-state index contributed by atoms with van der Waals surface area (Å²) < 4.78 is 6.83. The van der Waals surface area contributed by atoms with Gasteiger partial charge >= 0.3 is 6.01 Å². The van der Waals surface area contributed by atoms with Crippen molar-refractivity contribution in [2.24, 2.45) is 7.05 Å². The van der Waals surface area contributed by atoms with Crippen molar-refractivity contribution in [2.75, 3.05) is 0 Å². The third kappa shape index (κ3) is 2.10. The molecule has 1 aromatic heterocycles. The fourth-order valence-electron chi connectivity index (χ4n) is 1.12. The second-order valence-corrected chi connectivity index (χ2v) is 2.99. The second kappa shape index (κ2) is 4.05. The van der Waals surface area contributed by atoms with Gasteiger partial charge in [0.05, 0.1) is 6.61 Å². The number of aliphatic hydroxyl groups is 1. The zero-order valence-corrected chi connectivity index (χ0v) is 8.16. The molecule has 0 bridgehead atoms. The third-order valence-corrected chi connectivity index (χ3v) is 1.87. The molecule has 0 spiro atoms. The minimum Gasteiger partial charge on any atom is -0.423 e. The summed E-state index contributed by atoms with van der Waals surface area (Å²) in [5.41, 5.74) is 0.780. The van der Waals surface area contributed by atoms with Crippen LogP contribution in [-0.4, -0.2) is 25.3 Å². The Morgan fingerprint density at radius 1 is 1.47 bits per heavy atom. The smallest absolute Gasteiger partial charge is 0.340 e. The summed E-state index contributed by atoms with van der Waals surface area (Å²) in [5.74, 6) is 0.597. The first kappa shape index (κ1) is 9.60. The van der Waals surface area contributed by atoms with Crippen molar-refractivity contribution in [2.45, 2.75) is 6.61 Å². The molecule has 1 aromatic carbocycles. The summed E-state index contributed by atoms with van der Waals surface area (Å²) in [6, 6.07) is 7.42. The number of nitrogens with zero attached hydrogens (tertiary/aromatic N) is 4. The maximum absolute atomic E-state index is 8.94. The van der Waals surface area contributed by atoms with Gasteiger partial charge in [-0.25, -0.2) is 0 Å². The van der Waals surface area contributed by atoms with Crippen LogP contribution in [0.4, 0.5) is 0 Å². The lowest BCUT2D eigenvalue weighted by molar-refractivity contribution is 0.281. The largest absolute Gasteiger partial charge is 0.423 e. The summed E-state index contributed by atoms with van der Waals surface area (Å²) in [7, 11) is 1.69. The van der Waals surface area contributed by atoms with E-state index in [0.29, 0.717) is 11.8 Å². The molecule has 2 rings (SSSR count). The highest BCUT2D eigenvalue weighted by Gasteiger charge is 2.04. The van der Waals surface area contributed by atoms with Gasteiger partial charge in [0, 0.05) is 7.05 Å². The summed E-state index contributed by atoms with van der Waals surface area (Å²) in [6.45, 7) is -0.0196. The number of aryl methyl sites for hydroxylation is 1. The molecule has 0 saturated carbocycles. The number of benzene rings is 1. The van der Waals surface area contributed by atoms with E-state index in [4.69, 9.17) is 9.84 Å². The Labute approximate surface area is 86.1 Å². The number of tetrazole rings is 1. The lowest BCUT2D eigenvalue weighted by atomic mass is 10.2. The van der Waals surface area contributed by atoms with E-state index in [0.717, 1.165) is 5.56 Å². The van der Waals surface area contributed by atoms with E-state index in [1.165, 1.54) is 4.68 Å². The molecule has 0 aliphatic rings. The van der Waals surface area contributed by atoms with Gasteiger partial charge in [0.25, 0.3) is 0 Å². The predicted octanol–water partition coefficient (Wildman–Crippen LogP) is 0.495. The number of ether oxygens (including phenoxy) is 1. The molecule has 78 valence electrons. The molecule has 1 heterocycles. The van der Waals surface area contributed by atoms with Crippen LogP contribution in [0.25, 0.3) is 0 Å².